The zero-order valence-corrected chi connectivity index (χ0v) is 13.2. The van der Waals surface area contributed by atoms with Gasteiger partial charge < -0.3 is 10.1 Å². The first kappa shape index (κ1) is 15.8. The van der Waals surface area contributed by atoms with Crippen molar-refractivity contribution in [2.75, 3.05) is 19.8 Å². The van der Waals surface area contributed by atoms with E-state index >= 15 is 0 Å². The van der Waals surface area contributed by atoms with Crippen LogP contribution in [0.4, 0.5) is 0 Å². The summed E-state index contributed by atoms with van der Waals surface area (Å²) in [5.41, 5.74) is 0. The molecule has 0 spiro atoms. The van der Waals surface area contributed by atoms with Crippen molar-refractivity contribution in [3.8, 4) is 0 Å². The van der Waals surface area contributed by atoms with E-state index in [4.69, 9.17) is 15.4 Å². The number of thiophene rings is 1. The number of nitrogens with one attached hydrogen (secondary N) is 1. The third kappa shape index (κ3) is 4.73. The third-order valence-corrected chi connectivity index (χ3v) is 6.29. The monoisotopic (exact) mass is 337 g/mol. The fourth-order valence-electron chi connectivity index (χ4n) is 2.03. The average Bonchev–Trinajstić information content (AvgIpc) is 2.98. The van der Waals surface area contributed by atoms with Crippen LogP contribution in [0.5, 0.6) is 0 Å². The molecule has 1 amide bonds. The number of carbonyl (C=O) groups is 1. The predicted octanol–water partition coefficient (Wildman–Crippen LogP) is 1.76. The Morgan fingerprint density at radius 2 is 2.30 bits per heavy atom. The van der Waals surface area contributed by atoms with Crippen LogP contribution in [0, 0.1) is 5.92 Å². The predicted molar refractivity (Wildman–Crippen MR) is 77.6 cm³/mol. The van der Waals surface area contributed by atoms with Gasteiger partial charge in [0.2, 0.25) is 5.91 Å². The van der Waals surface area contributed by atoms with E-state index < -0.39 is 9.05 Å². The van der Waals surface area contributed by atoms with Crippen molar-refractivity contribution in [3.05, 3.63) is 17.0 Å². The summed E-state index contributed by atoms with van der Waals surface area (Å²) >= 11 is 1.03. The van der Waals surface area contributed by atoms with Crippen LogP contribution in [0.1, 0.15) is 17.7 Å². The molecule has 2 heterocycles. The fourth-order valence-corrected chi connectivity index (χ4v) is 4.15. The lowest BCUT2D eigenvalue weighted by molar-refractivity contribution is -0.120. The third-order valence-electron chi connectivity index (χ3n) is 3.11. The second-order valence-electron chi connectivity index (χ2n) is 4.70. The molecule has 1 aliphatic rings. The van der Waals surface area contributed by atoms with E-state index in [1.54, 1.807) is 6.07 Å². The number of rotatable bonds is 6. The minimum atomic E-state index is -3.70. The van der Waals surface area contributed by atoms with Crippen LogP contribution in [0.25, 0.3) is 0 Å². The van der Waals surface area contributed by atoms with Gasteiger partial charge in [-0.3, -0.25) is 4.79 Å². The van der Waals surface area contributed by atoms with Gasteiger partial charge in [0.15, 0.2) is 0 Å². The Bertz CT molecular complexity index is 564. The number of hydrogen-bond donors (Lipinski definition) is 1. The quantitative estimate of drug-likeness (QED) is 0.803. The molecule has 0 radical (unpaired) electrons. The molecule has 1 aliphatic heterocycles. The lowest BCUT2D eigenvalue weighted by Crippen LogP contribution is -2.27. The van der Waals surface area contributed by atoms with Crippen molar-refractivity contribution in [3.63, 3.8) is 0 Å². The summed E-state index contributed by atoms with van der Waals surface area (Å²) in [5, 5.41) is 2.84. The van der Waals surface area contributed by atoms with Gasteiger partial charge in [-0.15, -0.1) is 11.3 Å². The Morgan fingerprint density at radius 3 is 2.90 bits per heavy atom. The minimum absolute atomic E-state index is 0.0741. The molecule has 112 valence electrons. The van der Waals surface area contributed by atoms with Crippen molar-refractivity contribution in [1.82, 2.24) is 5.32 Å². The van der Waals surface area contributed by atoms with E-state index in [-0.39, 0.29) is 16.5 Å². The highest BCUT2D eigenvalue weighted by Crippen LogP contribution is 2.25. The van der Waals surface area contributed by atoms with E-state index in [1.165, 1.54) is 6.07 Å². The molecule has 1 unspecified atom stereocenters. The van der Waals surface area contributed by atoms with Crippen molar-refractivity contribution < 1.29 is 17.9 Å². The number of halogens is 1. The molecule has 20 heavy (non-hydrogen) atoms. The molecule has 0 aromatic carbocycles. The second-order valence-corrected chi connectivity index (χ2v) is 8.66. The molecule has 1 aromatic rings. The summed E-state index contributed by atoms with van der Waals surface area (Å²) < 4.78 is 27.6. The highest BCUT2D eigenvalue weighted by Gasteiger charge is 2.16. The molecule has 0 aliphatic carbocycles. The first-order valence-corrected chi connectivity index (χ1v) is 9.45. The van der Waals surface area contributed by atoms with Crippen LogP contribution in [-0.4, -0.2) is 34.1 Å². The topological polar surface area (TPSA) is 72.5 Å². The Morgan fingerprint density at radius 1 is 1.50 bits per heavy atom. The SMILES string of the molecule is O=C(Cc1ccc(S(=O)(=O)Cl)s1)NCCC1CCOC1. The molecule has 1 atom stereocenters. The molecular formula is C12H16ClNO4S2. The Hall–Kier alpha value is -0.630. The van der Waals surface area contributed by atoms with E-state index in [0.29, 0.717) is 17.3 Å². The van der Waals surface area contributed by atoms with Gasteiger partial charge in [0.25, 0.3) is 9.05 Å². The summed E-state index contributed by atoms with van der Waals surface area (Å²) in [6, 6.07) is 3.04. The van der Waals surface area contributed by atoms with E-state index in [0.717, 1.165) is 37.4 Å². The van der Waals surface area contributed by atoms with Crippen LogP contribution in [-0.2, 0) is 25.0 Å². The molecule has 2 rings (SSSR count). The van der Waals surface area contributed by atoms with E-state index in [9.17, 15) is 13.2 Å². The van der Waals surface area contributed by atoms with E-state index in [2.05, 4.69) is 5.32 Å². The smallest absolute Gasteiger partial charge is 0.270 e. The van der Waals surface area contributed by atoms with Crippen molar-refractivity contribution in [1.29, 1.82) is 0 Å². The Kier molecular flexibility index (Phi) is 5.42. The zero-order valence-electron chi connectivity index (χ0n) is 10.8. The van der Waals surface area contributed by atoms with Gasteiger partial charge in [-0.2, -0.15) is 0 Å². The number of ether oxygens (including phenoxy) is 1. The van der Waals surface area contributed by atoms with Crippen LogP contribution in [0.3, 0.4) is 0 Å². The Labute approximate surface area is 126 Å². The van der Waals surface area contributed by atoms with Gasteiger partial charge in [0.05, 0.1) is 6.42 Å². The summed E-state index contributed by atoms with van der Waals surface area (Å²) in [6.45, 7) is 2.21. The number of hydrogen-bond acceptors (Lipinski definition) is 5. The van der Waals surface area contributed by atoms with Gasteiger partial charge in [-0.25, -0.2) is 8.42 Å². The molecule has 1 saturated heterocycles. The highest BCUT2D eigenvalue weighted by atomic mass is 35.7. The molecule has 1 fully saturated rings. The summed E-state index contributed by atoms with van der Waals surface area (Å²) in [5.74, 6) is 0.425. The van der Waals surface area contributed by atoms with Crippen LogP contribution >= 0.6 is 22.0 Å². The molecule has 5 nitrogen and oxygen atoms in total. The van der Waals surface area contributed by atoms with E-state index in [1.807, 2.05) is 0 Å². The zero-order chi connectivity index (χ0) is 14.6. The maximum atomic E-state index is 11.7. The number of amides is 1. The molecule has 1 aromatic heterocycles. The lowest BCUT2D eigenvalue weighted by atomic mass is 10.1. The van der Waals surface area contributed by atoms with Crippen LogP contribution < -0.4 is 5.32 Å². The maximum absolute atomic E-state index is 11.7. The summed E-state index contributed by atoms with van der Waals surface area (Å²) in [7, 11) is 1.53. The van der Waals surface area contributed by atoms with Gasteiger partial charge in [0, 0.05) is 35.3 Å². The second kappa shape index (κ2) is 6.89. The van der Waals surface area contributed by atoms with Crippen molar-refractivity contribution >= 4 is 37.0 Å². The largest absolute Gasteiger partial charge is 0.381 e. The molecule has 8 heteroatoms. The standard InChI is InChI=1S/C12H16ClNO4S2/c13-20(16,17)12-2-1-10(19-12)7-11(15)14-5-3-9-4-6-18-8-9/h1-2,9H,3-8H2,(H,14,15). The normalized spacial score (nSPS) is 19.1. The number of carbonyl (C=O) groups excluding carboxylic acids is 1. The van der Waals surface area contributed by atoms with Gasteiger partial charge in [0.1, 0.15) is 4.21 Å². The first-order valence-electron chi connectivity index (χ1n) is 6.33. The van der Waals surface area contributed by atoms with Gasteiger partial charge >= 0.3 is 0 Å². The van der Waals surface area contributed by atoms with Gasteiger partial charge in [-0.05, 0) is 30.9 Å². The average molecular weight is 338 g/mol. The molecule has 1 N–H and O–H groups in total. The van der Waals surface area contributed by atoms with Crippen LogP contribution in [0.15, 0.2) is 16.3 Å². The molecular weight excluding hydrogens is 322 g/mol. The molecule has 0 saturated carbocycles. The maximum Gasteiger partial charge on any atom is 0.270 e. The van der Waals surface area contributed by atoms with Crippen LogP contribution in [0.2, 0.25) is 0 Å². The minimum Gasteiger partial charge on any atom is -0.381 e. The summed E-state index contributed by atoms with van der Waals surface area (Å²) in [4.78, 5) is 12.4. The lowest BCUT2D eigenvalue weighted by Gasteiger charge is -2.08. The van der Waals surface area contributed by atoms with Gasteiger partial charge in [-0.1, -0.05) is 0 Å². The Balaban J connectivity index is 1.75. The fraction of sp³-hybridized carbons (Fsp3) is 0.583. The molecule has 0 bridgehead atoms. The first-order chi connectivity index (χ1) is 9.45. The summed E-state index contributed by atoms with van der Waals surface area (Å²) in [6.07, 6.45) is 2.15. The van der Waals surface area contributed by atoms with Crippen molar-refractivity contribution in [2.45, 2.75) is 23.5 Å². The highest BCUT2D eigenvalue weighted by molar-refractivity contribution is 8.15. The van der Waals surface area contributed by atoms with Crippen molar-refractivity contribution in [2.24, 2.45) is 5.92 Å².